The van der Waals surface area contributed by atoms with Crippen LogP contribution in [0.15, 0.2) is 48.5 Å². The highest BCUT2D eigenvalue weighted by Gasteiger charge is 2.61. The first-order chi connectivity index (χ1) is 23.4. The predicted octanol–water partition coefficient (Wildman–Crippen LogP) is 6.08. The number of benzene rings is 2. The zero-order valence-corrected chi connectivity index (χ0v) is 31.4. The minimum Gasteiger partial charge on any atom is -0.463 e. The van der Waals surface area contributed by atoms with E-state index in [0.29, 0.717) is 5.56 Å². The summed E-state index contributed by atoms with van der Waals surface area (Å²) in [4.78, 5) is 49.2. The fraction of sp³-hybridized carbons (Fsp3) is 0.526. The van der Waals surface area contributed by atoms with Crippen LogP contribution >= 0.6 is 0 Å². The van der Waals surface area contributed by atoms with E-state index in [2.05, 4.69) is 53.0 Å². The summed E-state index contributed by atoms with van der Waals surface area (Å²) in [6, 6.07) is 13.0. The molecule has 0 spiro atoms. The molecule has 1 N–H and O–H groups in total. The van der Waals surface area contributed by atoms with Crippen LogP contribution in [0.4, 0.5) is 4.39 Å². The third kappa shape index (κ3) is 8.81. The third-order valence-corrected chi connectivity index (χ3v) is 15.5. The van der Waals surface area contributed by atoms with E-state index in [1.54, 1.807) is 24.3 Å². The van der Waals surface area contributed by atoms with Crippen molar-refractivity contribution < 1.29 is 52.4 Å². The van der Waals surface area contributed by atoms with Gasteiger partial charge in [0.25, 0.3) is 0 Å². The Morgan fingerprint density at radius 1 is 0.800 bits per heavy atom. The monoisotopic (exact) mass is 712 g/mol. The first kappa shape index (κ1) is 40.4. The molecule has 1 saturated heterocycles. The van der Waals surface area contributed by atoms with Gasteiger partial charge in [0, 0.05) is 38.8 Å². The number of hydrogen-bond donors (Lipinski definition) is 1. The molecule has 1 unspecified atom stereocenters. The lowest BCUT2D eigenvalue weighted by Gasteiger charge is -2.49. The molecule has 12 heteroatoms. The van der Waals surface area contributed by atoms with E-state index in [0.717, 1.165) is 27.7 Å². The quantitative estimate of drug-likeness (QED) is 0.126. The van der Waals surface area contributed by atoms with Gasteiger partial charge in [-0.05, 0) is 28.3 Å². The molecule has 10 nitrogen and oxygen atoms in total. The summed E-state index contributed by atoms with van der Waals surface area (Å²) in [5.41, 5.74) is 4.84. The highest BCUT2D eigenvalue weighted by atomic mass is 28.3. The average Bonchev–Trinajstić information content (AvgIpc) is 3.01. The zero-order chi connectivity index (χ0) is 37.6. The number of aliphatic hydroxyl groups is 1. The summed E-state index contributed by atoms with van der Waals surface area (Å²) in [7, 11) is -2.37. The zero-order valence-electron chi connectivity index (χ0n) is 30.4. The lowest BCUT2D eigenvalue weighted by molar-refractivity contribution is -0.360. The van der Waals surface area contributed by atoms with Gasteiger partial charge in [0.1, 0.15) is 26.6 Å². The summed E-state index contributed by atoms with van der Waals surface area (Å²) in [5, 5.41) is 12.7. The van der Waals surface area contributed by atoms with E-state index < -0.39 is 80.5 Å². The standard InChI is InChI=1S/C38H49FO10Si/c1-22(2)50(23(3)4,24(5)6)20-19-30(29-15-12-11-13-16-29)34-31(17-14-18-32(34)39)38(44)37(48-28(10)43)36(47-27(9)42)35(46-26(8)41)33(49-38)21-45-25(7)40/h11-18,22-24,30,33,35-37,44H,21H2,1-10H3/t30?,33-,35-,36+,37-,38-/m1/s1. The van der Waals surface area contributed by atoms with Gasteiger partial charge in [-0.3, -0.25) is 19.2 Å². The molecule has 1 heterocycles. The summed E-state index contributed by atoms with van der Waals surface area (Å²) in [6.45, 7) is 16.8. The Bertz CT molecular complexity index is 1580. The highest BCUT2D eigenvalue weighted by molar-refractivity contribution is 6.90. The van der Waals surface area contributed by atoms with Gasteiger partial charge in [-0.2, -0.15) is 0 Å². The van der Waals surface area contributed by atoms with Crippen LogP contribution in [0.5, 0.6) is 0 Å². The van der Waals surface area contributed by atoms with Gasteiger partial charge in [-0.25, -0.2) is 4.39 Å². The van der Waals surface area contributed by atoms with Crippen LogP contribution in [0.3, 0.4) is 0 Å². The Balaban J connectivity index is 2.45. The molecule has 50 heavy (non-hydrogen) atoms. The van der Waals surface area contributed by atoms with Crippen molar-refractivity contribution >= 4 is 32.0 Å². The molecule has 2 aromatic carbocycles. The van der Waals surface area contributed by atoms with E-state index in [-0.39, 0.29) is 27.8 Å². The first-order valence-electron chi connectivity index (χ1n) is 16.8. The van der Waals surface area contributed by atoms with Crippen molar-refractivity contribution in [3.05, 3.63) is 71.0 Å². The molecule has 3 rings (SSSR count). The molecule has 1 aliphatic rings. The number of halogens is 1. The lowest BCUT2D eigenvalue weighted by Crippen LogP contribution is -2.66. The number of rotatable bonds is 11. The molecule has 0 bridgehead atoms. The van der Waals surface area contributed by atoms with Gasteiger partial charge >= 0.3 is 23.9 Å². The van der Waals surface area contributed by atoms with E-state index in [1.807, 2.05) is 6.07 Å². The Morgan fingerprint density at radius 2 is 1.34 bits per heavy atom. The van der Waals surface area contributed by atoms with Crippen LogP contribution < -0.4 is 0 Å². The van der Waals surface area contributed by atoms with Crippen molar-refractivity contribution in [2.24, 2.45) is 0 Å². The number of carbonyl (C=O) groups excluding carboxylic acids is 4. The summed E-state index contributed by atoms with van der Waals surface area (Å²) < 4.78 is 44.6. The van der Waals surface area contributed by atoms with E-state index in [4.69, 9.17) is 23.7 Å². The number of esters is 4. The van der Waals surface area contributed by atoms with Crippen LogP contribution in [0.2, 0.25) is 16.6 Å². The summed E-state index contributed by atoms with van der Waals surface area (Å²) in [5.74, 6) is -4.33. The maximum atomic E-state index is 16.5. The molecule has 0 aliphatic carbocycles. The van der Waals surface area contributed by atoms with Gasteiger partial charge < -0.3 is 28.8 Å². The van der Waals surface area contributed by atoms with Crippen molar-refractivity contribution in [2.45, 2.75) is 122 Å². The molecule has 1 aliphatic heterocycles. The van der Waals surface area contributed by atoms with Crippen LogP contribution in [0.1, 0.15) is 91.8 Å². The van der Waals surface area contributed by atoms with Gasteiger partial charge in [0.15, 0.2) is 12.2 Å². The van der Waals surface area contributed by atoms with Crippen molar-refractivity contribution in [1.82, 2.24) is 0 Å². The van der Waals surface area contributed by atoms with E-state index in [9.17, 15) is 24.3 Å². The first-order valence-corrected chi connectivity index (χ1v) is 19.0. The van der Waals surface area contributed by atoms with Crippen molar-refractivity contribution in [3.63, 3.8) is 0 Å². The van der Waals surface area contributed by atoms with Gasteiger partial charge in [-0.15, -0.1) is 5.54 Å². The third-order valence-electron chi connectivity index (χ3n) is 9.21. The average molecular weight is 713 g/mol. The Kier molecular flexibility index (Phi) is 13.5. The van der Waals surface area contributed by atoms with Crippen molar-refractivity contribution in [3.8, 4) is 11.5 Å². The maximum absolute atomic E-state index is 16.5. The molecule has 0 radical (unpaired) electrons. The van der Waals surface area contributed by atoms with Crippen LogP contribution in [-0.4, -0.2) is 68.1 Å². The van der Waals surface area contributed by atoms with Gasteiger partial charge in [-0.1, -0.05) is 89.9 Å². The van der Waals surface area contributed by atoms with Crippen LogP contribution in [0, 0.1) is 17.3 Å². The Hall–Kier alpha value is -4.05. The van der Waals surface area contributed by atoms with E-state index >= 15 is 4.39 Å². The number of carbonyl (C=O) groups is 4. The lowest BCUT2D eigenvalue weighted by atomic mass is 9.80. The molecular formula is C38H49FO10Si. The normalized spacial score (nSPS) is 22.7. The molecule has 1 fully saturated rings. The smallest absolute Gasteiger partial charge is 0.303 e. The van der Waals surface area contributed by atoms with Gasteiger partial charge in [0.05, 0.1) is 5.92 Å². The number of ether oxygens (including phenoxy) is 5. The second kappa shape index (κ2) is 16.8. The van der Waals surface area contributed by atoms with Crippen LogP contribution in [-0.2, 0) is 48.6 Å². The molecule has 0 amide bonds. The summed E-state index contributed by atoms with van der Waals surface area (Å²) in [6.07, 6.45) is -6.55. The molecule has 0 aromatic heterocycles. The molecule has 6 atom stereocenters. The fourth-order valence-corrected chi connectivity index (χ4v) is 12.5. The Labute approximate surface area is 295 Å². The second-order valence-electron chi connectivity index (χ2n) is 13.5. The largest absolute Gasteiger partial charge is 0.463 e. The maximum Gasteiger partial charge on any atom is 0.303 e. The van der Waals surface area contributed by atoms with Crippen molar-refractivity contribution in [2.75, 3.05) is 6.61 Å². The minimum absolute atomic E-state index is 0.0660. The topological polar surface area (TPSA) is 135 Å². The predicted molar refractivity (Wildman–Crippen MR) is 186 cm³/mol. The number of hydrogen-bond acceptors (Lipinski definition) is 10. The minimum atomic E-state index is -2.75. The second-order valence-corrected chi connectivity index (χ2v) is 19.1. The molecule has 0 saturated carbocycles. The van der Waals surface area contributed by atoms with Gasteiger partial charge in [0.2, 0.25) is 11.9 Å². The SMILES string of the molecule is CC(=O)OC[C@H]1O[C@](O)(c2cccc(F)c2C(C#C[Si](C(C)C)(C(C)C)C(C)C)c2ccccc2)[C@H](OC(C)=O)[C@@H](OC(C)=O)[C@@H]1OC(C)=O. The highest BCUT2D eigenvalue weighted by Crippen LogP contribution is 2.46. The Morgan fingerprint density at radius 3 is 1.84 bits per heavy atom. The fourth-order valence-electron chi connectivity index (χ4n) is 7.24. The molecule has 272 valence electrons. The van der Waals surface area contributed by atoms with Crippen LogP contribution in [0.25, 0.3) is 0 Å². The van der Waals surface area contributed by atoms with E-state index in [1.165, 1.54) is 18.2 Å². The molecule has 2 aromatic rings. The molecular weight excluding hydrogens is 663 g/mol. The van der Waals surface area contributed by atoms with Crippen molar-refractivity contribution in [1.29, 1.82) is 0 Å². The summed E-state index contributed by atoms with van der Waals surface area (Å²) >= 11 is 0.